The van der Waals surface area contributed by atoms with E-state index in [4.69, 9.17) is 5.73 Å². The highest BCUT2D eigenvalue weighted by Gasteiger charge is 2.11. The van der Waals surface area contributed by atoms with Crippen molar-refractivity contribution < 1.29 is 0 Å². The van der Waals surface area contributed by atoms with Crippen molar-refractivity contribution in [2.45, 2.75) is 26.8 Å². The van der Waals surface area contributed by atoms with Gasteiger partial charge in [-0.15, -0.1) is 0 Å². The van der Waals surface area contributed by atoms with Gasteiger partial charge in [0.15, 0.2) is 5.82 Å². The number of aromatic nitrogens is 2. The molecule has 0 amide bonds. The van der Waals surface area contributed by atoms with E-state index < -0.39 is 0 Å². The summed E-state index contributed by atoms with van der Waals surface area (Å²) in [5, 5.41) is 6.22. The first-order valence-corrected chi connectivity index (χ1v) is 4.83. The van der Waals surface area contributed by atoms with E-state index in [0.717, 1.165) is 30.2 Å². The van der Waals surface area contributed by atoms with Crippen molar-refractivity contribution in [2.75, 3.05) is 25.3 Å². The maximum Gasteiger partial charge on any atom is 0.162 e. The number of rotatable bonds is 4. The van der Waals surface area contributed by atoms with E-state index >= 15 is 0 Å². The zero-order chi connectivity index (χ0) is 10.7. The molecule has 5 heteroatoms. The first kappa shape index (κ1) is 10.8. The van der Waals surface area contributed by atoms with Crippen LogP contribution in [0.1, 0.15) is 19.0 Å². The number of hydrazine groups is 1. The van der Waals surface area contributed by atoms with E-state index in [1.807, 2.05) is 30.7 Å². The Labute approximate surface area is 84.8 Å². The first-order valence-electron chi connectivity index (χ1n) is 4.83. The Kier molecular flexibility index (Phi) is 3.35. The Morgan fingerprint density at radius 3 is 2.64 bits per heavy atom. The molecule has 0 atom stereocenters. The molecule has 1 aromatic heterocycles. The lowest BCUT2D eigenvalue weighted by Crippen LogP contribution is -2.22. The molecule has 0 fully saturated rings. The van der Waals surface area contributed by atoms with E-state index in [9.17, 15) is 0 Å². The van der Waals surface area contributed by atoms with Gasteiger partial charge in [-0.3, -0.25) is 0 Å². The molecule has 0 saturated heterocycles. The fourth-order valence-electron chi connectivity index (χ4n) is 1.30. The molecule has 0 bridgehead atoms. The van der Waals surface area contributed by atoms with Gasteiger partial charge in [-0.1, -0.05) is 6.92 Å². The number of hydrogen-bond acceptors (Lipinski definition) is 4. The molecule has 0 aliphatic heterocycles. The van der Waals surface area contributed by atoms with Crippen molar-refractivity contribution >= 4 is 11.5 Å². The lowest BCUT2D eigenvalue weighted by molar-refractivity contribution is 0.478. The van der Waals surface area contributed by atoms with Crippen molar-refractivity contribution in [2.24, 2.45) is 0 Å². The normalized spacial score (nSPS) is 10.9. The lowest BCUT2D eigenvalue weighted by atomic mass is 10.4. The summed E-state index contributed by atoms with van der Waals surface area (Å²) in [6, 6.07) is 0. The van der Waals surface area contributed by atoms with Gasteiger partial charge in [0.2, 0.25) is 0 Å². The predicted molar refractivity (Wildman–Crippen MR) is 59.0 cm³/mol. The van der Waals surface area contributed by atoms with Gasteiger partial charge in [0, 0.05) is 20.6 Å². The molecular formula is C9H19N5. The van der Waals surface area contributed by atoms with E-state index in [1.165, 1.54) is 0 Å². The topological polar surface area (TPSA) is 59.1 Å². The Morgan fingerprint density at radius 1 is 1.50 bits per heavy atom. The summed E-state index contributed by atoms with van der Waals surface area (Å²) < 4.78 is 1.91. The molecule has 5 nitrogen and oxygen atoms in total. The summed E-state index contributed by atoms with van der Waals surface area (Å²) in [4.78, 5) is 0. The zero-order valence-corrected chi connectivity index (χ0v) is 9.33. The van der Waals surface area contributed by atoms with Crippen LogP contribution < -0.4 is 11.2 Å². The minimum Gasteiger partial charge on any atom is -0.394 e. The third kappa shape index (κ3) is 2.17. The van der Waals surface area contributed by atoms with Gasteiger partial charge >= 0.3 is 0 Å². The van der Waals surface area contributed by atoms with Gasteiger partial charge < -0.3 is 11.2 Å². The van der Waals surface area contributed by atoms with Gasteiger partial charge in [0.05, 0.1) is 11.4 Å². The summed E-state index contributed by atoms with van der Waals surface area (Å²) >= 11 is 0. The third-order valence-corrected chi connectivity index (χ3v) is 1.94. The molecule has 0 saturated carbocycles. The van der Waals surface area contributed by atoms with Crippen molar-refractivity contribution in [3.8, 4) is 0 Å². The summed E-state index contributed by atoms with van der Waals surface area (Å²) in [6.45, 7) is 4.92. The van der Waals surface area contributed by atoms with Crippen LogP contribution in [0, 0.1) is 6.92 Å². The predicted octanol–water partition coefficient (Wildman–Crippen LogP) is 1.07. The average molecular weight is 197 g/mol. The minimum atomic E-state index is 0.729. The Morgan fingerprint density at radius 2 is 2.14 bits per heavy atom. The van der Waals surface area contributed by atoms with Crippen LogP contribution in [-0.2, 0) is 6.54 Å². The molecule has 0 spiro atoms. The van der Waals surface area contributed by atoms with Gasteiger partial charge in [-0.25, -0.2) is 9.69 Å². The molecule has 1 rings (SSSR count). The number of nitrogens with zero attached hydrogens (tertiary/aromatic N) is 3. The van der Waals surface area contributed by atoms with Crippen molar-refractivity contribution in [1.29, 1.82) is 0 Å². The van der Waals surface area contributed by atoms with Crippen LogP contribution in [-0.4, -0.2) is 28.9 Å². The molecule has 0 aliphatic carbocycles. The largest absolute Gasteiger partial charge is 0.394 e. The Hall–Kier alpha value is -1.23. The summed E-state index contributed by atoms with van der Waals surface area (Å²) in [6.07, 6.45) is 1.04. The number of nitrogens with two attached hydrogens (primary N) is 1. The van der Waals surface area contributed by atoms with Crippen LogP contribution in [0.4, 0.5) is 11.5 Å². The van der Waals surface area contributed by atoms with Gasteiger partial charge in [-0.2, -0.15) is 5.10 Å². The Balaban J connectivity index is 2.97. The van der Waals surface area contributed by atoms with Gasteiger partial charge in [-0.05, 0) is 13.3 Å². The highest BCUT2D eigenvalue weighted by atomic mass is 15.5. The highest BCUT2D eigenvalue weighted by Crippen LogP contribution is 2.22. The quantitative estimate of drug-likeness (QED) is 0.709. The third-order valence-electron chi connectivity index (χ3n) is 1.94. The van der Waals surface area contributed by atoms with Crippen molar-refractivity contribution in [3.05, 3.63) is 5.69 Å². The molecule has 0 unspecified atom stereocenters. The molecule has 1 aromatic rings. The number of anilines is 2. The number of nitrogen functional groups attached to an aromatic ring is 1. The molecule has 1 heterocycles. The van der Waals surface area contributed by atoms with Crippen LogP contribution in [0.2, 0.25) is 0 Å². The number of hydrogen-bond donors (Lipinski definition) is 2. The van der Waals surface area contributed by atoms with E-state index in [0.29, 0.717) is 0 Å². The highest BCUT2D eigenvalue weighted by molar-refractivity contribution is 5.64. The van der Waals surface area contributed by atoms with Crippen molar-refractivity contribution in [3.63, 3.8) is 0 Å². The smallest absolute Gasteiger partial charge is 0.162 e. The number of nitrogens with one attached hydrogen (secondary N) is 1. The Bertz CT molecular complexity index is 302. The van der Waals surface area contributed by atoms with Gasteiger partial charge in [0.1, 0.15) is 0 Å². The van der Waals surface area contributed by atoms with Crippen molar-refractivity contribution in [1.82, 2.24) is 14.8 Å². The maximum absolute atomic E-state index is 5.91. The molecule has 0 aromatic carbocycles. The first-order chi connectivity index (χ1) is 6.56. The minimum absolute atomic E-state index is 0.729. The van der Waals surface area contributed by atoms with Crippen LogP contribution in [0.25, 0.3) is 0 Å². The van der Waals surface area contributed by atoms with Crippen LogP contribution in [0.3, 0.4) is 0 Å². The van der Waals surface area contributed by atoms with E-state index in [2.05, 4.69) is 17.4 Å². The summed E-state index contributed by atoms with van der Waals surface area (Å²) in [7, 11) is 3.86. The fourth-order valence-corrected chi connectivity index (χ4v) is 1.30. The number of aryl methyl sites for hydroxylation is 2. The molecular weight excluding hydrogens is 178 g/mol. The maximum atomic E-state index is 5.91. The molecule has 14 heavy (non-hydrogen) atoms. The summed E-state index contributed by atoms with van der Waals surface area (Å²) in [5.74, 6) is 0.884. The lowest BCUT2D eigenvalue weighted by Gasteiger charge is -2.15. The van der Waals surface area contributed by atoms with E-state index in [1.54, 1.807) is 0 Å². The molecule has 80 valence electrons. The second-order valence-electron chi connectivity index (χ2n) is 3.58. The van der Waals surface area contributed by atoms with Gasteiger partial charge in [0.25, 0.3) is 0 Å². The molecule has 0 radical (unpaired) electrons. The monoisotopic (exact) mass is 197 g/mol. The molecule has 0 aliphatic rings. The molecule has 3 N–H and O–H groups in total. The summed E-state index contributed by atoms with van der Waals surface area (Å²) in [5.41, 5.74) is 10.7. The van der Waals surface area contributed by atoms with Crippen LogP contribution in [0.5, 0.6) is 0 Å². The van der Waals surface area contributed by atoms with E-state index in [-0.39, 0.29) is 0 Å². The second-order valence-corrected chi connectivity index (χ2v) is 3.58. The standard InChI is InChI=1S/C9H19N5/c1-5-6-14-9(12-13(3)4)8(10)7(2)11-14/h12H,5-6,10H2,1-4H3. The SMILES string of the molecule is CCCn1nc(C)c(N)c1NN(C)C. The van der Waals surface area contributed by atoms with Crippen LogP contribution >= 0.6 is 0 Å². The average Bonchev–Trinajstić information content (AvgIpc) is 2.33. The fraction of sp³-hybridized carbons (Fsp3) is 0.667. The second kappa shape index (κ2) is 4.32. The zero-order valence-electron chi connectivity index (χ0n) is 9.33. The van der Waals surface area contributed by atoms with Crippen LogP contribution in [0.15, 0.2) is 0 Å².